The molecule has 4 aromatic rings. The number of unbranched alkanes of at least 4 members (excludes halogenated alkanes) is 3. The van der Waals surface area contributed by atoms with Crippen molar-refractivity contribution in [2.75, 3.05) is 18.5 Å². The number of carbonyl (C=O) groups is 1. The molecule has 6 nitrogen and oxygen atoms in total. The van der Waals surface area contributed by atoms with E-state index in [9.17, 15) is 4.79 Å². The monoisotopic (exact) mass is 511 g/mol. The van der Waals surface area contributed by atoms with Gasteiger partial charge in [0.05, 0.1) is 12.2 Å². The zero-order chi connectivity index (χ0) is 26.7. The van der Waals surface area contributed by atoms with E-state index in [1.54, 1.807) is 18.3 Å². The minimum Gasteiger partial charge on any atom is -0.493 e. The van der Waals surface area contributed by atoms with Crippen LogP contribution in [0.2, 0.25) is 0 Å². The van der Waals surface area contributed by atoms with Gasteiger partial charge in [-0.15, -0.1) is 0 Å². The summed E-state index contributed by atoms with van der Waals surface area (Å²) in [5.74, 6) is 0.312. The number of hydrogen-bond acceptors (Lipinski definition) is 5. The molecule has 0 radical (unpaired) electrons. The fraction of sp³-hybridized carbons (Fsp3) is 0.375. The van der Waals surface area contributed by atoms with Crippen LogP contribution >= 0.6 is 0 Å². The molecule has 2 aromatic carbocycles. The SMILES string of the molecule is CCCCCCNc1ccc(C2(c3c(C)n(CC)c4ccccc34)OC(=O)c3cccnc32)c(OCC)c1. The highest BCUT2D eigenvalue weighted by Crippen LogP contribution is 2.52. The van der Waals surface area contributed by atoms with Crippen molar-refractivity contribution in [2.45, 2.75) is 65.5 Å². The van der Waals surface area contributed by atoms with Crippen LogP contribution in [0.5, 0.6) is 5.75 Å². The molecule has 0 fully saturated rings. The van der Waals surface area contributed by atoms with E-state index in [0.717, 1.165) is 52.9 Å². The van der Waals surface area contributed by atoms with Gasteiger partial charge in [0, 0.05) is 58.8 Å². The van der Waals surface area contributed by atoms with Crippen LogP contribution in [0.1, 0.15) is 79.3 Å². The van der Waals surface area contributed by atoms with Crippen LogP contribution in [0.15, 0.2) is 60.8 Å². The van der Waals surface area contributed by atoms with Crippen molar-refractivity contribution in [1.29, 1.82) is 0 Å². The quantitative estimate of drug-likeness (QED) is 0.170. The molecule has 0 bridgehead atoms. The Labute approximate surface area is 225 Å². The lowest BCUT2D eigenvalue weighted by atomic mass is 9.80. The summed E-state index contributed by atoms with van der Waals surface area (Å²) < 4.78 is 15.0. The lowest BCUT2D eigenvalue weighted by Gasteiger charge is -2.31. The maximum Gasteiger partial charge on any atom is 0.341 e. The number of benzene rings is 2. The van der Waals surface area contributed by atoms with Crippen LogP contribution in [0.25, 0.3) is 10.9 Å². The second kappa shape index (κ2) is 10.9. The first-order valence-electron chi connectivity index (χ1n) is 13.8. The Balaban J connectivity index is 1.73. The fourth-order valence-electron chi connectivity index (χ4n) is 5.85. The van der Waals surface area contributed by atoms with Gasteiger partial charge in [-0.2, -0.15) is 0 Å². The molecule has 1 aliphatic rings. The first-order chi connectivity index (χ1) is 18.6. The maximum atomic E-state index is 13.4. The molecule has 0 spiro atoms. The number of carbonyl (C=O) groups excluding carboxylic acids is 1. The van der Waals surface area contributed by atoms with Crippen LogP contribution in [0.4, 0.5) is 5.69 Å². The van der Waals surface area contributed by atoms with Gasteiger partial charge in [-0.3, -0.25) is 4.98 Å². The van der Waals surface area contributed by atoms with E-state index in [1.807, 2.05) is 31.2 Å². The Morgan fingerprint density at radius 3 is 2.66 bits per heavy atom. The van der Waals surface area contributed by atoms with Gasteiger partial charge in [0.2, 0.25) is 5.60 Å². The number of nitrogens with zero attached hydrogens (tertiary/aromatic N) is 2. The van der Waals surface area contributed by atoms with E-state index < -0.39 is 5.60 Å². The third-order valence-electron chi connectivity index (χ3n) is 7.53. The van der Waals surface area contributed by atoms with E-state index in [2.05, 4.69) is 48.9 Å². The van der Waals surface area contributed by atoms with E-state index in [-0.39, 0.29) is 5.97 Å². The number of esters is 1. The van der Waals surface area contributed by atoms with Gasteiger partial charge >= 0.3 is 5.97 Å². The van der Waals surface area contributed by atoms with Gasteiger partial charge in [0.15, 0.2) is 0 Å². The first kappa shape index (κ1) is 25.8. The number of para-hydroxylation sites is 1. The molecule has 1 unspecified atom stereocenters. The summed E-state index contributed by atoms with van der Waals surface area (Å²) in [4.78, 5) is 18.2. The summed E-state index contributed by atoms with van der Waals surface area (Å²) >= 11 is 0. The molecule has 0 saturated heterocycles. The summed E-state index contributed by atoms with van der Waals surface area (Å²) in [5, 5.41) is 4.59. The van der Waals surface area contributed by atoms with E-state index >= 15 is 0 Å². The van der Waals surface area contributed by atoms with E-state index in [1.165, 1.54) is 19.3 Å². The lowest BCUT2D eigenvalue weighted by molar-refractivity contribution is 0.0238. The fourth-order valence-corrected chi connectivity index (χ4v) is 5.85. The molecule has 1 atom stereocenters. The molecule has 1 aliphatic heterocycles. The number of fused-ring (bicyclic) bond motifs is 2. The number of aromatic nitrogens is 2. The minimum atomic E-state index is -1.23. The highest BCUT2D eigenvalue weighted by atomic mass is 16.6. The molecular weight excluding hydrogens is 474 g/mol. The van der Waals surface area contributed by atoms with Crippen molar-refractivity contribution in [3.8, 4) is 5.75 Å². The average molecular weight is 512 g/mol. The molecule has 6 heteroatoms. The largest absolute Gasteiger partial charge is 0.493 e. The van der Waals surface area contributed by atoms with Gasteiger partial charge in [-0.25, -0.2) is 4.79 Å². The smallest absolute Gasteiger partial charge is 0.341 e. The predicted molar refractivity (Wildman–Crippen MR) is 152 cm³/mol. The second-order valence-electron chi connectivity index (χ2n) is 9.82. The molecule has 0 aliphatic carbocycles. The Bertz CT molecular complexity index is 1460. The van der Waals surface area contributed by atoms with Crippen molar-refractivity contribution < 1.29 is 14.3 Å². The number of pyridine rings is 1. The number of aryl methyl sites for hydroxylation is 1. The molecule has 1 N–H and O–H groups in total. The number of nitrogens with one attached hydrogen (secondary N) is 1. The van der Waals surface area contributed by atoms with Crippen molar-refractivity contribution in [2.24, 2.45) is 0 Å². The average Bonchev–Trinajstić information content (AvgIpc) is 3.39. The second-order valence-corrected chi connectivity index (χ2v) is 9.82. The lowest BCUT2D eigenvalue weighted by Crippen LogP contribution is -2.32. The van der Waals surface area contributed by atoms with Crippen LogP contribution < -0.4 is 10.1 Å². The molecule has 3 heterocycles. The summed E-state index contributed by atoms with van der Waals surface area (Å²) in [6.07, 6.45) is 6.52. The third kappa shape index (κ3) is 4.22. The molecule has 198 valence electrons. The molecule has 0 amide bonds. The van der Waals surface area contributed by atoms with Crippen LogP contribution in [-0.4, -0.2) is 28.7 Å². The molecule has 5 rings (SSSR count). The maximum absolute atomic E-state index is 13.4. The predicted octanol–water partition coefficient (Wildman–Crippen LogP) is 7.22. The topological polar surface area (TPSA) is 65.4 Å². The summed E-state index contributed by atoms with van der Waals surface area (Å²) in [5.41, 5.74) is 4.70. The molecule has 38 heavy (non-hydrogen) atoms. The van der Waals surface area contributed by atoms with Gasteiger partial charge in [0.25, 0.3) is 0 Å². The summed E-state index contributed by atoms with van der Waals surface area (Å²) in [6.45, 7) is 10.6. The van der Waals surface area contributed by atoms with Crippen molar-refractivity contribution in [3.05, 3.63) is 88.9 Å². The highest BCUT2D eigenvalue weighted by Gasteiger charge is 2.53. The standard InChI is InChI=1S/C32H37N3O3/c1-5-8-9-12-19-33-23-17-18-26(28(21-23)37-7-3)32(30-25(31(36)38-32)15-13-20-34-30)29-22(4)35(6-2)27-16-11-10-14-24(27)29/h10-11,13-18,20-21,33H,5-9,12,19H2,1-4H3. The Hall–Kier alpha value is -3.80. The van der Waals surface area contributed by atoms with Crippen LogP contribution in [0, 0.1) is 6.92 Å². The number of hydrogen-bond donors (Lipinski definition) is 1. The Kier molecular flexibility index (Phi) is 7.41. The van der Waals surface area contributed by atoms with Gasteiger partial charge in [-0.05, 0) is 57.5 Å². The van der Waals surface area contributed by atoms with E-state index in [0.29, 0.717) is 23.6 Å². The third-order valence-corrected chi connectivity index (χ3v) is 7.53. The minimum absolute atomic E-state index is 0.374. The zero-order valence-corrected chi connectivity index (χ0v) is 22.8. The van der Waals surface area contributed by atoms with Crippen LogP contribution in [-0.2, 0) is 16.9 Å². The van der Waals surface area contributed by atoms with Crippen LogP contribution in [0.3, 0.4) is 0 Å². The van der Waals surface area contributed by atoms with Crippen molar-refractivity contribution in [1.82, 2.24) is 9.55 Å². The molecule has 2 aromatic heterocycles. The van der Waals surface area contributed by atoms with Crippen molar-refractivity contribution >= 4 is 22.6 Å². The van der Waals surface area contributed by atoms with E-state index in [4.69, 9.17) is 14.5 Å². The Morgan fingerprint density at radius 1 is 1.03 bits per heavy atom. The summed E-state index contributed by atoms with van der Waals surface area (Å²) in [7, 11) is 0. The normalized spacial score (nSPS) is 16.5. The summed E-state index contributed by atoms with van der Waals surface area (Å²) in [6, 6.07) is 18.0. The molecule has 0 saturated carbocycles. The molecular formula is C32H37N3O3. The van der Waals surface area contributed by atoms with Crippen molar-refractivity contribution in [3.63, 3.8) is 0 Å². The Morgan fingerprint density at radius 2 is 1.87 bits per heavy atom. The number of anilines is 1. The highest BCUT2D eigenvalue weighted by molar-refractivity contribution is 5.98. The number of cyclic esters (lactones) is 1. The van der Waals surface area contributed by atoms with Gasteiger partial charge in [0.1, 0.15) is 11.4 Å². The number of ether oxygens (including phenoxy) is 2. The first-order valence-corrected chi connectivity index (χ1v) is 13.8. The van der Waals surface area contributed by atoms with Gasteiger partial charge in [-0.1, -0.05) is 44.4 Å². The number of rotatable bonds is 11. The van der Waals surface area contributed by atoms with Gasteiger partial charge < -0.3 is 19.4 Å². The zero-order valence-electron chi connectivity index (χ0n) is 22.8.